The maximum atomic E-state index is 10.9. The number of nitro benzene ring substituents is 1. The molecule has 1 aromatic carbocycles. The molecule has 1 aliphatic rings. The highest BCUT2D eigenvalue weighted by Crippen LogP contribution is 2.29. The maximum Gasteiger partial charge on any atom is 0.273 e. The molecule has 0 radical (unpaired) electrons. The summed E-state index contributed by atoms with van der Waals surface area (Å²) in [5.41, 5.74) is 1.89. The molecule has 0 amide bonds. The fraction of sp³-hybridized carbons (Fsp3) is 0.500. The molecule has 0 aliphatic carbocycles. The number of hydrogen-bond acceptors (Lipinski definition) is 4. The van der Waals surface area contributed by atoms with Crippen LogP contribution in [0.3, 0.4) is 0 Å². The van der Waals surface area contributed by atoms with Crippen LogP contribution in [0.2, 0.25) is 0 Å². The van der Waals surface area contributed by atoms with Gasteiger partial charge in [0.05, 0.1) is 11.0 Å². The van der Waals surface area contributed by atoms with Crippen LogP contribution in [0.15, 0.2) is 18.2 Å². The topological polar surface area (TPSA) is 55.6 Å². The molecule has 0 N–H and O–H groups in total. The number of anilines is 1. The number of alkyl halides is 1. The Kier molecular flexibility index (Phi) is 4.19. The van der Waals surface area contributed by atoms with Gasteiger partial charge in [-0.2, -0.15) is 0 Å². The first kappa shape index (κ1) is 13.3. The Bertz CT molecular complexity index is 453. The van der Waals surface area contributed by atoms with E-state index >= 15 is 0 Å². The lowest BCUT2D eigenvalue weighted by atomic mass is 10.1. The van der Waals surface area contributed by atoms with Crippen LogP contribution in [0.25, 0.3) is 0 Å². The quantitative estimate of drug-likeness (QED) is 0.487. The van der Waals surface area contributed by atoms with Crippen molar-refractivity contribution in [1.29, 1.82) is 0 Å². The van der Waals surface area contributed by atoms with E-state index in [1.807, 2.05) is 12.1 Å². The Hall–Kier alpha value is -1.14. The summed E-state index contributed by atoms with van der Waals surface area (Å²) in [5, 5.41) is 11.3. The van der Waals surface area contributed by atoms with Gasteiger partial charge in [0, 0.05) is 42.8 Å². The average Bonchev–Trinajstić information content (AvgIpc) is 2.86. The third-order valence-corrected chi connectivity index (χ3v) is 3.85. The second-order valence-corrected chi connectivity index (χ2v) is 4.86. The van der Waals surface area contributed by atoms with Gasteiger partial charge in [-0.05, 0) is 18.6 Å². The van der Waals surface area contributed by atoms with Crippen molar-refractivity contribution in [3.05, 3.63) is 33.9 Å². The molecule has 1 aliphatic heterocycles. The van der Waals surface area contributed by atoms with Gasteiger partial charge in [-0.25, -0.2) is 0 Å². The highest BCUT2D eigenvalue weighted by Gasteiger charge is 2.23. The van der Waals surface area contributed by atoms with Gasteiger partial charge in [-0.1, -0.05) is 15.9 Å². The highest BCUT2D eigenvalue weighted by atomic mass is 79.9. The third-order valence-electron chi connectivity index (χ3n) is 3.25. The molecule has 5 nitrogen and oxygen atoms in total. The molecule has 1 fully saturated rings. The standard InChI is InChI=1S/C12H15BrN2O3/c1-18-11-4-5-14(8-11)10-2-3-12(15(16)17)9(6-10)7-13/h2-3,6,11H,4-5,7-8H2,1H3. The van der Waals surface area contributed by atoms with Crippen LogP contribution in [0.4, 0.5) is 11.4 Å². The van der Waals surface area contributed by atoms with E-state index in [2.05, 4.69) is 20.8 Å². The van der Waals surface area contributed by atoms with Crippen molar-refractivity contribution in [2.75, 3.05) is 25.1 Å². The number of benzene rings is 1. The highest BCUT2D eigenvalue weighted by molar-refractivity contribution is 9.08. The molecule has 0 spiro atoms. The van der Waals surface area contributed by atoms with Crippen LogP contribution in [0.5, 0.6) is 0 Å². The lowest BCUT2D eigenvalue weighted by Crippen LogP contribution is -2.22. The number of halogens is 1. The van der Waals surface area contributed by atoms with Crippen molar-refractivity contribution >= 4 is 27.3 Å². The van der Waals surface area contributed by atoms with E-state index in [4.69, 9.17) is 4.74 Å². The lowest BCUT2D eigenvalue weighted by Gasteiger charge is -2.19. The Balaban J connectivity index is 2.22. The van der Waals surface area contributed by atoms with Crippen molar-refractivity contribution in [2.45, 2.75) is 17.9 Å². The minimum Gasteiger partial charge on any atom is -0.380 e. The van der Waals surface area contributed by atoms with Crippen LogP contribution in [0, 0.1) is 10.1 Å². The predicted molar refractivity (Wildman–Crippen MR) is 73.4 cm³/mol. The number of hydrogen-bond donors (Lipinski definition) is 0. The summed E-state index contributed by atoms with van der Waals surface area (Å²) in [6, 6.07) is 5.26. The summed E-state index contributed by atoms with van der Waals surface area (Å²) >= 11 is 3.30. The Morgan fingerprint density at radius 3 is 2.94 bits per heavy atom. The van der Waals surface area contributed by atoms with Crippen molar-refractivity contribution in [2.24, 2.45) is 0 Å². The Morgan fingerprint density at radius 1 is 1.61 bits per heavy atom. The van der Waals surface area contributed by atoms with E-state index in [0.29, 0.717) is 10.9 Å². The van der Waals surface area contributed by atoms with Gasteiger partial charge >= 0.3 is 0 Å². The monoisotopic (exact) mass is 314 g/mol. The molecule has 98 valence electrons. The van der Waals surface area contributed by atoms with Crippen molar-refractivity contribution < 1.29 is 9.66 Å². The van der Waals surface area contributed by atoms with Gasteiger partial charge in [-0.15, -0.1) is 0 Å². The minimum absolute atomic E-state index is 0.165. The SMILES string of the molecule is COC1CCN(c2ccc([N+](=O)[O-])c(CBr)c2)C1. The van der Waals surface area contributed by atoms with E-state index in [1.54, 1.807) is 13.2 Å². The van der Waals surface area contributed by atoms with Crippen molar-refractivity contribution in [3.8, 4) is 0 Å². The molecule has 1 saturated heterocycles. The molecule has 6 heteroatoms. The summed E-state index contributed by atoms with van der Waals surface area (Å²) < 4.78 is 5.32. The van der Waals surface area contributed by atoms with Gasteiger partial charge in [0.15, 0.2) is 0 Å². The number of ether oxygens (including phenoxy) is 1. The summed E-state index contributed by atoms with van der Waals surface area (Å²) in [5.74, 6) is 0. The van der Waals surface area contributed by atoms with Gasteiger partial charge in [0.1, 0.15) is 0 Å². The normalized spacial score (nSPS) is 19.2. The summed E-state index contributed by atoms with van der Waals surface area (Å²) in [4.78, 5) is 12.7. The third kappa shape index (κ3) is 2.64. The number of methoxy groups -OCH3 is 1. The van der Waals surface area contributed by atoms with Crippen LogP contribution >= 0.6 is 15.9 Å². The molecule has 1 heterocycles. The fourth-order valence-electron chi connectivity index (χ4n) is 2.21. The average molecular weight is 315 g/mol. The molecule has 18 heavy (non-hydrogen) atoms. The number of nitrogens with zero attached hydrogens (tertiary/aromatic N) is 2. The molecular formula is C12H15BrN2O3. The smallest absolute Gasteiger partial charge is 0.273 e. The summed E-state index contributed by atoms with van der Waals surface area (Å²) in [7, 11) is 1.72. The number of rotatable bonds is 4. The maximum absolute atomic E-state index is 10.9. The van der Waals surface area contributed by atoms with Crippen LogP contribution in [-0.4, -0.2) is 31.2 Å². The molecule has 0 aromatic heterocycles. The van der Waals surface area contributed by atoms with E-state index in [-0.39, 0.29) is 16.7 Å². The van der Waals surface area contributed by atoms with Gasteiger partial charge in [0.2, 0.25) is 0 Å². The van der Waals surface area contributed by atoms with Crippen LogP contribution in [-0.2, 0) is 10.1 Å². The van der Waals surface area contributed by atoms with Crippen molar-refractivity contribution in [3.63, 3.8) is 0 Å². The minimum atomic E-state index is -0.345. The molecule has 2 rings (SSSR count). The Labute approximate surface area is 114 Å². The molecule has 1 unspecified atom stereocenters. The van der Waals surface area contributed by atoms with Crippen LogP contribution in [0.1, 0.15) is 12.0 Å². The predicted octanol–water partition coefficient (Wildman–Crippen LogP) is 2.71. The second kappa shape index (κ2) is 5.67. The fourth-order valence-corrected chi connectivity index (χ4v) is 2.66. The van der Waals surface area contributed by atoms with E-state index in [9.17, 15) is 10.1 Å². The first-order valence-electron chi connectivity index (χ1n) is 5.76. The molecule has 1 atom stereocenters. The lowest BCUT2D eigenvalue weighted by molar-refractivity contribution is -0.385. The first-order valence-corrected chi connectivity index (χ1v) is 6.89. The number of nitro groups is 1. The second-order valence-electron chi connectivity index (χ2n) is 4.30. The van der Waals surface area contributed by atoms with Crippen LogP contribution < -0.4 is 4.90 Å². The summed E-state index contributed by atoms with van der Waals surface area (Å²) in [6.07, 6.45) is 1.25. The van der Waals surface area contributed by atoms with E-state index in [0.717, 1.165) is 25.2 Å². The molecule has 0 bridgehead atoms. The molecular weight excluding hydrogens is 300 g/mol. The van der Waals surface area contributed by atoms with Gasteiger partial charge in [-0.3, -0.25) is 10.1 Å². The zero-order valence-electron chi connectivity index (χ0n) is 10.1. The largest absolute Gasteiger partial charge is 0.380 e. The van der Waals surface area contributed by atoms with E-state index < -0.39 is 0 Å². The van der Waals surface area contributed by atoms with E-state index in [1.165, 1.54) is 0 Å². The van der Waals surface area contributed by atoms with Crippen molar-refractivity contribution in [1.82, 2.24) is 0 Å². The Morgan fingerprint density at radius 2 is 2.39 bits per heavy atom. The first-order chi connectivity index (χ1) is 8.65. The molecule has 1 aromatic rings. The summed E-state index contributed by atoms with van der Waals surface area (Å²) in [6.45, 7) is 1.77. The van der Waals surface area contributed by atoms with Gasteiger partial charge < -0.3 is 9.64 Å². The van der Waals surface area contributed by atoms with Gasteiger partial charge in [0.25, 0.3) is 5.69 Å². The molecule has 0 saturated carbocycles. The zero-order chi connectivity index (χ0) is 13.1. The zero-order valence-corrected chi connectivity index (χ0v) is 11.7.